The molecule has 5 nitrogen and oxygen atoms in total. The minimum atomic E-state index is -0.631. The molecule has 2 atom stereocenters. The lowest BCUT2D eigenvalue weighted by Gasteiger charge is -2.14. The van der Waals surface area contributed by atoms with E-state index >= 15 is 0 Å². The maximum Gasteiger partial charge on any atom is 0.308 e. The molecule has 0 radical (unpaired) electrons. The number of carboxylic acid groups (broad SMARTS) is 1. The van der Waals surface area contributed by atoms with Gasteiger partial charge < -0.3 is 5.11 Å². The molecule has 2 fully saturated rings. The maximum atomic E-state index is 11.3. The highest BCUT2D eigenvalue weighted by Crippen LogP contribution is 2.44. The third kappa shape index (κ3) is 2.27. The number of likely N-dealkylation sites (tertiary alicyclic amines) is 1. The van der Waals surface area contributed by atoms with Crippen molar-refractivity contribution in [1.29, 1.82) is 0 Å². The summed E-state index contributed by atoms with van der Waals surface area (Å²) in [5.41, 5.74) is 0.974. The third-order valence-corrected chi connectivity index (χ3v) is 4.91. The van der Waals surface area contributed by atoms with Crippen molar-refractivity contribution >= 4 is 17.5 Å². The summed E-state index contributed by atoms with van der Waals surface area (Å²) in [4.78, 5) is 14.7. The van der Waals surface area contributed by atoms with Crippen LogP contribution in [0.1, 0.15) is 23.4 Å². The van der Waals surface area contributed by atoms with E-state index in [1.54, 1.807) is 0 Å². The highest BCUT2D eigenvalue weighted by atomic mass is 32.1. The Kier molecular flexibility index (Phi) is 3.07. The lowest BCUT2D eigenvalue weighted by molar-refractivity contribution is -0.142. The molecule has 0 unspecified atom stereocenters. The van der Waals surface area contributed by atoms with Crippen LogP contribution in [-0.2, 0) is 11.3 Å². The minimum Gasteiger partial charge on any atom is -0.481 e. The topological polar surface area (TPSA) is 66.3 Å². The van der Waals surface area contributed by atoms with Gasteiger partial charge in [0.25, 0.3) is 0 Å². The standard InChI is InChI=1S/C12H17N3O2S/c1-7-11(18-14-13-7)6-15-4-9(8-2-3-8)10(5-15)12(16)17/h8-10H,2-6H2,1H3,(H,16,17)/t9-,10+/m0/s1. The summed E-state index contributed by atoms with van der Waals surface area (Å²) in [6.45, 7) is 4.35. The van der Waals surface area contributed by atoms with Crippen molar-refractivity contribution in [2.45, 2.75) is 26.3 Å². The Labute approximate surface area is 110 Å². The number of carboxylic acids is 1. The average molecular weight is 267 g/mol. The molecule has 0 amide bonds. The smallest absolute Gasteiger partial charge is 0.308 e. The van der Waals surface area contributed by atoms with E-state index < -0.39 is 5.97 Å². The zero-order valence-corrected chi connectivity index (χ0v) is 11.2. The molecule has 2 aliphatic rings. The van der Waals surface area contributed by atoms with Crippen LogP contribution in [0.25, 0.3) is 0 Å². The van der Waals surface area contributed by atoms with Crippen molar-refractivity contribution in [2.24, 2.45) is 17.8 Å². The fraction of sp³-hybridized carbons (Fsp3) is 0.750. The van der Waals surface area contributed by atoms with Crippen LogP contribution in [0.15, 0.2) is 0 Å². The maximum absolute atomic E-state index is 11.3. The number of aromatic nitrogens is 2. The van der Waals surface area contributed by atoms with E-state index in [1.807, 2.05) is 6.92 Å². The summed E-state index contributed by atoms with van der Waals surface area (Å²) in [5, 5.41) is 13.3. The Hall–Kier alpha value is -1.01. The van der Waals surface area contributed by atoms with Crippen LogP contribution < -0.4 is 0 Å². The van der Waals surface area contributed by atoms with Crippen LogP contribution in [0.3, 0.4) is 0 Å². The van der Waals surface area contributed by atoms with Gasteiger partial charge in [0.05, 0.1) is 16.5 Å². The number of aliphatic carboxylic acids is 1. The highest BCUT2D eigenvalue weighted by molar-refractivity contribution is 7.05. The monoisotopic (exact) mass is 267 g/mol. The van der Waals surface area contributed by atoms with Crippen LogP contribution in [0.4, 0.5) is 0 Å². The van der Waals surface area contributed by atoms with E-state index in [1.165, 1.54) is 24.4 Å². The Morgan fingerprint density at radius 1 is 1.50 bits per heavy atom. The van der Waals surface area contributed by atoms with Gasteiger partial charge in [0.2, 0.25) is 0 Å². The Balaban J connectivity index is 1.68. The van der Waals surface area contributed by atoms with Crippen LogP contribution in [0.2, 0.25) is 0 Å². The molecule has 1 aliphatic carbocycles. The third-order valence-electron chi connectivity index (χ3n) is 4.10. The van der Waals surface area contributed by atoms with Crippen molar-refractivity contribution in [3.8, 4) is 0 Å². The number of hydrogen-bond acceptors (Lipinski definition) is 5. The van der Waals surface area contributed by atoms with Gasteiger partial charge >= 0.3 is 5.97 Å². The predicted octanol–water partition coefficient (Wildman–Crippen LogP) is 1.39. The van der Waals surface area contributed by atoms with Crippen molar-refractivity contribution in [1.82, 2.24) is 14.5 Å². The molecule has 2 heterocycles. The molecule has 1 aromatic rings. The van der Waals surface area contributed by atoms with E-state index in [9.17, 15) is 9.90 Å². The fourth-order valence-electron chi connectivity index (χ4n) is 2.90. The number of carbonyl (C=O) groups is 1. The molecule has 18 heavy (non-hydrogen) atoms. The summed E-state index contributed by atoms with van der Waals surface area (Å²) >= 11 is 1.42. The Bertz CT molecular complexity index is 458. The quantitative estimate of drug-likeness (QED) is 0.893. The second kappa shape index (κ2) is 4.59. The van der Waals surface area contributed by atoms with Gasteiger partial charge in [-0.2, -0.15) is 0 Å². The first-order chi connectivity index (χ1) is 8.65. The van der Waals surface area contributed by atoms with Crippen LogP contribution >= 0.6 is 11.5 Å². The van der Waals surface area contributed by atoms with Gasteiger partial charge in [-0.05, 0) is 43.1 Å². The van der Waals surface area contributed by atoms with Gasteiger partial charge in [0.1, 0.15) is 0 Å². The van der Waals surface area contributed by atoms with E-state index in [0.29, 0.717) is 18.4 Å². The lowest BCUT2D eigenvalue weighted by atomic mass is 9.92. The summed E-state index contributed by atoms with van der Waals surface area (Å²) in [7, 11) is 0. The molecule has 1 aromatic heterocycles. The minimum absolute atomic E-state index is 0.182. The highest BCUT2D eigenvalue weighted by Gasteiger charge is 2.45. The molecule has 0 aromatic carbocycles. The van der Waals surface area contributed by atoms with Crippen LogP contribution in [0, 0.1) is 24.7 Å². The zero-order valence-electron chi connectivity index (χ0n) is 10.4. The van der Waals surface area contributed by atoms with Gasteiger partial charge in [0.15, 0.2) is 0 Å². The van der Waals surface area contributed by atoms with Gasteiger partial charge in [-0.25, -0.2) is 0 Å². The summed E-state index contributed by atoms with van der Waals surface area (Å²) in [6.07, 6.45) is 2.42. The summed E-state index contributed by atoms with van der Waals surface area (Å²) in [5.74, 6) is 0.188. The van der Waals surface area contributed by atoms with E-state index in [4.69, 9.17) is 0 Å². The molecule has 3 rings (SSSR count). The molecule has 98 valence electrons. The van der Waals surface area contributed by atoms with Crippen molar-refractivity contribution in [3.05, 3.63) is 10.6 Å². The molecule has 1 aliphatic heterocycles. The van der Waals surface area contributed by atoms with Crippen molar-refractivity contribution in [3.63, 3.8) is 0 Å². The molecule has 1 saturated carbocycles. The Morgan fingerprint density at radius 3 is 2.83 bits per heavy atom. The normalized spacial score (nSPS) is 28.7. The summed E-state index contributed by atoms with van der Waals surface area (Å²) in [6, 6.07) is 0. The second-order valence-corrected chi connectivity index (χ2v) is 6.26. The molecular formula is C12H17N3O2S. The van der Waals surface area contributed by atoms with Gasteiger partial charge in [-0.15, -0.1) is 5.10 Å². The van der Waals surface area contributed by atoms with Crippen molar-refractivity contribution in [2.75, 3.05) is 13.1 Å². The summed E-state index contributed by atoms with van der Waals surface area (Å²) < 4.78 is 3.93. The number of rotatable bonds is 4. The molecular weight excluding hydrogens is 250 g/mol. The van der Waals surface area contributed by atoms with E-state index in [0.717, 1.165) is 23.7 Å². The van der Waals surface area contributed by atoms with E-state index in [-0.39, 0.29) is 5.92 Å². The van der Waals surface area contributed by atoms with Gasteiger partial charge in [-0.1, -0.05) is 4.49 Å². The fourth-order valence-corrected chi connectivity index (χ4v) is 3.58. The van der Waals surface area contributed by atoms with Gasteiger partial charge in [0, 0.05) is 19.6 Å². The Morgan fingerprint density at radius 2 is 2.28 bits per heavy atom. The molecule has 6 heteroatoms. The van der Waals surface area contributed by atoms with Gasteiger partial charge in [-0.3, -0.25) is 9.69 Å². The zero-order chi connectivity index (χ0) is 12.7. The largest absolute Gasteiger partial charge is 0.481 e. The van der Waals surface area contributed by atoms with E-state index in [2.05, 4.69) is 14.5 Å². The first-order valence-corrected chi connectivity index (χ1v) is 7.15. The number of hydrogen-bond donors (Lipinski definition) is 1. The van der Waals surface area contributed by atoms with Crippen molar-refractivity contribution < 1.29 is 9.90 Å². The second-order valence-electron chi connectivity index (χ2n) is 5.42. The lowest BCUT2D eigenvalue weighted by Crippen LogP contribution is -2.24. The molecule has 0 bridgehead atoms. The molecule has 1 N–H and O–H groups in total. The molecule has 1 saturated heterocycles. The average Bonchev–Trinajstić information content (AvgIpc) is 2.97. The van der Waals surface area contributed by atoms with Crippen LogP contribution in [0.5, 0.6) is 0 Å². The van der Waals surface area contributed by atoms with Crippen LogP contribution in [-0.4, -0.2) is 38.7 Å². The predicted molar refractivity (Wildman–Crippen MR) is 67.3 cm³/mol. The number of nitrogens with zero attached hydrogens (tertiary/aromatic N) is 3. The molecule has 0 spiro atoms. The SMILES string of the molecule is Cc1nnsc1CN1C[C@@H](C(=O)O)[C@H](C2CC2)C1. The first-order valence-electron chi connectivity index (χ1n) is 6.38. The number of aryl methyl sites for hydroxylation is 1. The first kappa shape index (κ1) is 12.0.